The molecular formula is C61H93Cl3F2O9. The smallest absolute Gasteiger partial charge is 0.337 e. The molecule has 75 heavy (non-hydrogen) atoms. The Kier molecular flexibility index (Phi) is 49.9. The molecule has 0 aliphatic carbocycles. The predicted octanol–water partition coefficient (Wildman–Crippen LogP) is 15.3. The average molecular weight is 1110 g/mol. The molecule has 0 saturated carbocycles. The number of benzene rings is 5. The van der Waals surface area contributed by atoms with E-state index in [0.29, 0.717) is 44.5 Å². The minimum absolute atomic E-state index is 0.193. The van der Waals surface area contributed by atoms with Gasteiger partial charge < -0.3 is 35.4 Å². The lowest BCUT2D eigenvalue weighted by atomic mass is 9.80. The standard InChI is InChI=1S/C14H18O4.C11H14F2.C11H16.C10H12Cl2.C10H13Cl.5CH4O/c1-4-9(2)10-5-11(13(16)8-15)7-12(6-10)14(17)18-3;1-3-11(2,10(12)13)9-7-5-4-6-8-9;1-4-11(2,3)10-8-6-5-7-9-10;1-3-7(2)8-4-5-9(11)10(12)6-8;1-3-10(2,11)9-7-5-4-6-8-9;5*1-2/h5-7,9,15H,4,8H2,1-3H3;4-8,10H,3H2,1-2H3;5-9H,4H2,1-3H3;4-7H,3H2,1-2H3;4-8H,3H2,1-2H3;5*2H,1H3. The Morgan fingerprint density at radius 1 is 0.533 bits per heavy atom. The van der Waals surface area contributed by atoms with Crippen molar-refractivity contribution >= 4 is 46.6 Å². The number of alkyl halides is 3. The van der Waals surface area contributed by atoms with Crippen molar-refractivity contribution in [3.8, 4) is 0 Å². The van der Waals surface area contributed by atoms with Crippen molar-refractivity contribution in [1.29, 1.82) is 0 Å². The average Bonchev–Trinajstić information content (AvgIpc) is 3.48. The highest BCUT2D eigenvalue weighted by atomic mass is 35.5. The highest BCUT2D eigenvalue weighted by Crippen LogP contribution is 2.34. The summed E-state index contributed by atoms with van der Waals surface area (Å²) in [6.45, 7) is 22.2. The zero-order valence-corrected chi connectivity index (χ0v) is 50.2. The van der Waals surface area contributed by atoms with Gasteiger partial charge in [-0.3, -0.25) is 4.79 Å². The van der Waals surface area contributed by atoms with E-state index >= 15 is 0 Å². The first-order valence-electron chi connectivity index (χ1n) is 24.8. The minimum Gasteiger partial charge on any atom is -0.465 e. The van der Waals surface area contributed by atoms with Crippen LogP contribution in [0.3, 0.4) is 0 Å². The van der Waals surface area contributed by atoms with Crippen molar-refractivity contribution < 1.29 is 53.7 Å². The Morgan fingerprint density at radius 2 is 0.933 bits per heavy atom. The fourth-order valence-electron chi connectivity index (χ4n) is 6.10. The number of ketones is 1. The van der Waals surface area contributed by atoms with Gasteiger partial charge in [0.2, 0.25) is 6.43 Å². The van der Waals surface area contributed by atoms with E-state index in [1.165, 1.54) is 36.3 Å². The Hall–Kier alpha value is -4.27. The van der Waals surface area contributed by atoms with Crippen molar-refractivity contribution in [2.45, 2.75) is 142 Å². The molecule has 0 aliphatic rings. The van der Waals surface area contributed by atoms with E-state index in [0.717, 1.165) is 60.4 Å². The van der Waals surface area contributed by atoms with Crippen molar-refractivity contribution in [1.82, 2.24) is 0 Å². The molecule has 0 amide bonds. The zero-order chi connectivity index (χ0) is 59.4. The molecule has 9 nitrogen and oxygen atoms in total. The summed E-state index contributed by atoms with van der Waals surface area (Å²) in [5, 5.41) is 45.2. The molecule has 5 rings (SSSR count). The molecule has 426 valence electrons. The number of aliphatic hydroxyl groups is 6. The second-order valence-corrected chi connectivity index (χ2v) is 18.8. The fraction of sp³-hybridized carbons (Fsp3) is 0.475. The van der Waals surface area contributed by atoms with Gasteiger partial charge in [-0.1, -0.05) is 190 Å². The maximum absolute atomic E-state index is 12.8. The fourth-order valence-corrected chi connectivity index (χ4v) is 6.53. The molecule has 0 fully saturated rings. The van der Waals surface area contributed by atoms with Gasteiger partial charge in [0.15, 0.2) is 5.78 Å². The normalized spacial score (nSPS) is 12.1. The molecule has 0 saturated heterocycles. The van der Waals surface area contributed by atoms with E-state index in [1.807, 2.05) is 63.2 Å². The number of esters is 1. The summed E-state index contributed by atoms with van der Waals surface area (Å²) in [5.74, 6) is -0.0861. The summed E-state index contributed by atoms with van der Waals surface area (Å²) in [7, 11) is 6.30. The van der Waals surface area contributed by atoms with Gasteiger partial charge in [-0.25, -0.2) is 13.6 Å². The summed E-state index contributed by atoms with van der Waals surface area (Å²) >= 11 is 17.9. The third kappa shape index (κ3) is 30.9. The first-order chi connectivity index (χ1) is 35.6. The van der Waals surface area contributed by atoms with Gasteiger partial charge in [0.25, 0.3) is 0 Å². The molecule has 0 spiro atoms. The van der Waals surface area contributed by atoms with Gasteiger partial charge in [-0.2, -0.15) is 0 Å². The first-order valence-corrected chi connectivity index (χ1v) is 25.9. The zero-order valence-electron chi connectivity index (χ0n) is 47.9. The van der Waals surface area contributed by atoms with Crippen LogP contribution in [0.15, 0.2) is 127 Å². The molecule has 4 atom stereocenters. The number of carbonyl (C=O) groups excluding carboxylic acids is 2. The molecule has 0 aliphatic heterocycles. The van der Waals surface area contributed by atoms with Gasteiger partial charge in [-0.05, 0) is 114 Å². The summed E-state index contributed by atoms with van der Waals surface area (Å²) < 4.78 is 30.2. The molecular weight excluding hydrogens is 1020 g/mol. The molecule has 5 aromatic carbocycles. The Labute approximate surface area is 465 Å². The lowest BCUT2D eigenvalue weighted by Gasteiger charge is -2.27. The number of aliphatic hydroxyl groups excluding tert-OH is 6. The second-order valence-electron chi connectivity index (χ2n) is 17.2. The molecule has 0 heterocycles. The highest BCUT2D eigenvalue weighted by molar-refractivity contribution is 6.42. The van der Waals surface area contributed by atoms with Crippen LogP contribution in [0.5, 0.6) is 0 Å². The van der Waals surface area contributed by atoms with Crippen molar-refractivity contribution in [3.63, 3.8) is 0 Å². The summed E-state index contributed by atoms with van der Waals surface area (Å²) in [6, 6.07) is 40.5. The van der Waals surface area contributed by atoms with E-state index in [1.54, 1.807) is 50.2 Å². The van der Waals surface area contributed by atoms with E-state index < -0.39 is 30.2 Å². The lowest BCUT2D eigenvalue weighted by molar-refractivity contribution is 0.0566. The Balaban J connectivity index is -0.000000263. The molecule has 6 N–H and O–H groups in total. The third-order valence-corrected chi connectivity index (χ3v) is 13.5. The van der Waals surface area contributed by atoms with Crippen LogP contribution in [-0.4, -0.2) is 98.1 Å². The predicted molar refractivity (Wildman–Crippen MR) is 314 cm³/mol. The first kappa shape index (κ1) is 79.6. The molecule has 0 aromatic heterocycles. The Morgan fingerprint density at radius 3 is 1.28 bits per heavy atom. The van der Waals surface area contributed by atoms with Gasteiger partial charge >= 0.3 is 5.97 Å². The largest absolute Gasteiger partial charge is 0.465 e. The van der Waals surface area contributed by atoms with Crippen LogP contribution < -0.4 is 0 Å². The van der Waals surface area contributed by atoms with Crippen LogP contribution in [0.4, 0.5) is 8.78 Å². The van der Waals surface area contributed by atoms with E-state index in [2.05, 4.69) is 88.7 Å². The third-order valence-electron chi connectivity index (χ3n) is 12.3. The van der Waals surface area contributed by atoms with Crippen molar-refractivity contribution in [2.75, 3.05) is 49.3 Å². The quantitative estimate of drug-likeness (QED) is 0.0361. The van der Waals surface area contributed by atoms with Gasteiger partial charge in [0.05, 0.1) is 33.0 Å². The lowest BCUT2D eigenvalue weighted by Crippen LogP contribution is -2.29. The van der Waals surface area contributed by atoms with Crippen molar-refractivity contribution in [3.05, 3.63) is 176 Å². The maximum atomic E-state index is 12.8. The highest BCUT2D eigenvalue weighted by Gasteiger charge is 2.34. The van der Waals surface area contributed by atoms with Crippen molar-refractivity contribution in [2.24, 2.45) is 0 Å². The molecule has 0 radical (unpaired) electrons. The molecule has 0 bridgehead atoms. The molecule has 4 unspecified atom stereocenters. The summed E-state index contributed by atoms with van der Waals surface area (Å²) in [5.41, 5.74) is 5.52. The topological polar surface area (TPSA) is 165 Å². The summed E-state index contributed by atoms with van der Waals surface area (Å²) in [4.78, 5) is 22.9. The van der Waals surface area contributed by atoms with Crippen LogP contribution in [0.25, 0.3) is 0 Å². The maximum Gasteiger partial charge on any atom is 0.337 e. The second kappa shape index (κ2) is 47.0. The number of hydrogen-bond acceptors (Lipinski definition) is 9. The van der Waals surface area contributed by atoms with Gasteiger partial charge in [0, 0.05) is 41.1 Å². The number of Topliss-reactive ketones (excluding diaryl/α,β-unsaturated/α-hetero) is 1. The summed E-state index contributed by atoms with van der Waals surface area (Å²) in [6.07, 6.45) is 2.32. The van der Waals surface area contributed by atoms with Crippen LogP contribution in [0.2, 0.25) is 10.0 Å². The number of ether oxygens (including phenoxy) is 1. The van der Waals surface area contributed by atoms with Gasteiger partial charge in [-0.15, -0.1) is 11.6 Å². The van der Waals surface area contributed by atoms with Crippen LogP contribution >= 0.6 is 34.8 Å². The van der Waals surface area contributed by atoms with Crippen LogP contribution in [0.1, 0.15) is 169 Å². The number of halogens is 5. The SMILES string of the molecule is CCC(C)(C)c1ccccc1.CCC(C)(Cl)c1ccccc1.CCC(C)(c1ccccc1)C(F)F.CCC(C)c1cc(C(=O)CO)cc(C(=O)OC)c1.CCC(C)c1ccc(Cl)c(Cl)c1.CO.CO.CO.CO.CO. The van der Waals surface area contributed by atoms with E-state index in [-0.39, 0.29) is 10.8 Å². The van der Waals surface area contributed by atoms with Crippen LogP contribution in [0, 0.1) is 0 Å². The molecule has 14 heteroatoms. The van der Waals surface area contributed by atoms with Gasteiger partial charge in [0.1, 0.15) is 6.61 Å². The van der Waals surface area contributed by atoms with E-state index in [4.69, 9.17) is 65.4 Å². The number of methoxy groups -OCH3 is 1. The van der Waals surface area contributed by atoms with Crippen LogP contribution in [-0.2, 0) is 20.4 Å². The number of rotatable bonds is 14. The Bertz CT molecular complexity index is 2040. The monoisotopic (exact) mass is 1110 g/mol. The van der Waals surface area contributed by atoms with E-state index in [9.17, 15) is 18.4 Å². The minimum atomic E-state index is -2.31. The number of hydrogen-bond donors (Lipinski definition) is 6. The number of carbonyl (C=O) groups is 2. The molecule has 5 aromatic rings.